The smallest absolute Gasteiger partial charge is 0.381 e. The van der Waals surface area contributed by atoms with E-state index in [9.17, 15) is 13.2 Å². The molecule has 1 aliphatic carbocycles. The molecule has 2 aliphatic rings. The normalized spacial score (nSPS) is 24.5. The first-order chi connectivity index (χ1) is 11.5. The van der Waals surface area contributed by atoms with Crippen molar-refractivity contribution < 1.29 is 17.9 Å². The van der Waals surface area contributed by atoms with Gasteiger partial charge in [-0.1, -0.05) is 24.3 Å². The van der Waals surface area contributed by atoms with Gasteiger partial charge in [0.15, 0.2) is 0 Å². The first kappa shape index (κ1) is 17.0. The molecule has 0 radical (unpaired) electrons. The maximum absolute atomic E-state index is 12.5. The van der Waals surface area contributed by atoms with Crippen LogP contribution in [0.15, 0.2) is 48.2 Å². The molecule has 1 aliphatic heterocycles. The summed E-state index contributed by atoms with van der Waals surface area (Å²) < 4.78 is 43.4. The lowest BCUT2D eigenvalue weighted by Crippen LogP contribution is -2.42. The zero-order chi connectivity index (χ0) is 17.0. The molecule has 1 fully saturated rings. The molecule has 1 heterocycles. The standard InChI is InChI=1S/C18H21F3N2O/c19-18(20,21)15-5-1-13(2-6-15)11-23-16-7-3-14(4-8-16)17-12-22-9-10-24-17/h1-3,5-8,14,17,22-23H,4,9-12H2/t14?,17-/m1/s1. The van der Waals surface area contributed by atoms with Gasteiger partial charge in [-0.05, 0) is 30.2 Å². The minimum Gasteiger partial charge on any atom is -0.381 e. The highest BCUT2D eigenvalue weighted by Crippen LogP contribution is 2.29. The van der Waals surface area contributed by atoms with Crippen LogP contribution in [-0.4, -0.2) is 25.8 Å². The third-order valence-electron chi connectivity index (χ3n) is 4.34. The summed E-state index contributed by atoms with van der Waals surface area (Å²) in [6.07, 6.45) is 3.11. The Balaban J connectivity index is 1.49. The van der Waals surface area contributed by atoms with Crippen LogP contribution in [0.25, 0.3) is 0 Å². The summed E-state index contributed by atoms with van der Waals surface area (Å²) in [5.41, 5.74) is 1.20. The van der Waals surface area contributed by atoms with Crippen LogP contribution in [0.4, 0.5) is 13.2 Å². The molecule has 1 aromatic carbocycles. The van der Waals surface area contributed by atoms with Crippen molar-refractivity contribution in [3.63, 3.8) is 0 Å². The molecule has 0 amide bonds. The summed E-state index contributed by atoms with van der Waals surface area (Å²) in [6.45, 7) is 3.03. The van der Waals surface area contributed by atoms with Crippen molar-refractivity contribution in [1.82, 2.24) is 10.6 Å². The summed E-state index contributed by atoms with van der Waals surface area (Å²) in [4.78, 5) is 0. The summed E-state index contributed by atoms with van der Waals surface area (Å²) in [7, 11) is 0. The Hall–Kier alpha value is -1.79. The van der Waals surface area contributed by atoms with E-state index >= 15 is 0 Å². The van der Waals surface area contributed by atoms with E-state index in [0.29, 0.717) is 12.5 Å². The van der Waals surface area contributed by atoms with Crippen LogP contribution in [0.2, 0.25) is 0 Å². The number of benzene rings is 1. The lowest BCUT2D eigenvalue weighted by atomic mass is 9.93. The van der Waals surface area contributed by atoms with E-state index in [0.717, 1.165) is 49.5 Å². The molecular formula is C18H21F3N2O. The summed E-state index contributed by atoms with van der Waals surface area (Å²) in [5, 5.41) is 6.59. The van der Waals surface area contributed by atoms with Gasteiger partial charge in [-0.25, -0.2) is 0 Å². The monoisotopic (exact) mass is 338 g/mol. The van der Waals surface area contributed by atoms with Gasteiger partial charge in [0.1, 0.15) is 0 Å². The molecule has 6 heteroatoms. The Bertz CT molecular complexity index is 602. The molecule has 0 spiro atoms. The predicted molar refractivity (Wildman–Crippen MR) is 86.2 cm³/mol. The fourth-order valence-electron chi connectivity index (χ4n) is 2.92. The number of hydrogen-bond acceptors (Lipinski definition) is 3. The van der Waals surface area contributed by atoms with Crippen molar-refractivity contribution in [2.24, 2.45) is 5.92 Å². The van der Waals surface area contributed by atoms with E-state index in [2.05, 4.69) is 22.8 Å². The Morgan fingerprint density at radius 2 is 2.00 bits per heavy atom. The molecular weight excluding hydrogens is 317 g/mol. The quantitative estimate of drug-likeness (QED) is 0.884. The largest absolute Gasteiger partial charge is 0.416 e. The van der Waals surface area contributed by atoms with E-state index in [1.165, 1.54) is 12.1 Å². The number of halogens is 3. The van der Waals surface area contributed by atoms with E-state index in [1.54, 1.807) is 0 Å². The molecule has 2 atom stereocenters. The number of hydrogen-bond donors (Lipinski definition) is 2. The summed E-state index contributed by atoms with van der Waals surface area (Å²) >= 11 is 0. The van der Waals surface area contributed by atoms with Gasteiger partial charge in [0.2, 0.25) is 0 Å². The van der Waals surface area contributed by atoms with Crippen molar-refractivity contribution in [3.05, 3.63) is 59.3 Å². The van der Waals surface area contributed by atoms with E-state index in [4.69, 9.17) is 4.74 Å². The molecule has 0 saturated carbocycles. The van der Waals surface area contributed by atoms with E-state index in [-0.39, 0.29) is 6.10 Å². The van der Waals surface area contributed by atoms with Crippen LogP contribution < -0.4 is 10.6 Å². The highest BCUT2D eigenvalue weighted by Gasteiger charge is 2.29. The van der Waals surface area contributed by atoms with E-state index < -0.39 is 11.7 Å². The number of rotatable bonds is 4. The number of morpholine rings is 1. The second-order valence-corrected chi connectivity index (χ2v) is 6.08. The Labute approximate surface area is 139 Å². The molecule has 1 saturated heterocycles. The average Bonchev–Trinajstić information content (AvgIpc) is 2.61. The van der Waals surface area contributed by atoms with Gasteiger partial charge < -0.3 is 15.4 Å². The predicted octanol–water partition coefficient (Wildman–Crippen LogP) is 3.24. The van der Waals surface area contributed by atoms with Gasteiger partial charge >= 0.3 is 6.18 Å². The van der Waals surface area contributed by atoms with Crippen LogP contribution in [0.3, 0.4) is 0 Å². The maximum Gasteiger partial charge on any atom is 0.416 e. The number of allylic oxidation sites excluding steroid dienone is 2. The first-order valence-electron chi connectivity index (χ1n) is 8.13. The summed E-state index contributed by atoms with van der Waals surface area (Å²) in [5.74, 6) is 0.370. The summed E-state index contributed by atoms with van der Waals surface area (Å²) in [6, 6.07) is 5.25. The van der Waals surface area contributed by atoms with Crippen molar-refractivity contribution in [2.45, 2.75) is 25.2 Å². The van der Waals surface area contributed by atoms with Crippen molar-refractivity contribution >= 4 is 0 Å². The maximum atomic E-state index is 12.5. The fourth-order valence-corrected chi connectivity index (χ4v) is 2.92. The number of alkyl halides is 3. The number of ether oxygens (including phenoxy) is 1. The minimum atomic E-state index is -4.29. The van der Waals surface area contributed by atoms with Gasteiger partial charge in [0.25, 0.3) is 0 Å². The van der Waals surface area contributed by atoms with Crippen LogP contribution in [-0.2, 0) is 17.5 Å². The minimum absolute atomic E-state index is 0.211. The van der Waals surface area contributed by atoms with Crippen LogP contribution in [0, 0.1) is 5.92 Å². The molecule has 130 valence electrons. The molecule has 3 rings (SSSR count). The zero-order valence-corrected chi connectivity index (χ0v) is 13.3. The lowest BCUT2D eigenvalue weighted by molar-refractivity contribution is -0.137. The highest BCUT2D eigenvalue weighted by atomic mass is 19.4. The van der Waals surface area contributed by atoms with E-state index in [1.807, 2.05) is 6.08 Å². The Morgan fingerprint density at radius 3 is 2.58 bits per heavy atom. The molecule has 0 bridgehead atoms. The third kappa shape index (κ3) is 4.39. The number of nitrogens with one attached hydrogen (secondary N) is 2. The highest BCUT2D eigenvalue weighted by molar-refractivity contribution is 5.27. The molecule has 2 N–H and O–H groups in total. The molecule has 0 aromatic heterocycles. The van der Waals surface area contributed by atoms with Gasteiger partial charge in [-0.2, -0.15) is 13.2 Å². The first-order valence-corrected chi connectivity index (χ1v) is 8.13. The molecule has 1 unspecified atom stereocenters. The van der Waals surface area contributed by atoms with Crippen molar-refractivity contribution in [3.8, 4) is 0 Å². The van der Waals surface area contributed by atoms with Crippen molar-refractivity contribution in [1.29, 1.82) is 0 Å². The average molecular weight is 338 g/mol. The van der Waals surface area contributed by atoms with Gasteiger partial charge in [0.05, 0.1) is 18.3 Å². The zero-order valence-electron chi connectivity index (χ0n) is 13.3. The second kappa shape index (κ2) is 7.40. The van der Waals surface area contributed by atoms with Crippen molar-refractivity contribution in [2.75, 3.05) is 19.7 Å². The van der Waals surface area contributed by atoms with Gasteiger partial charge in [-0.3, -0.25) is 0 Å². The Kier molecular flexibility index (Phi) is 5.26. The lowest BCUT2D eigenvalue weighted by Gasteiger charge is -2.30. The molecule has 24 heavy (non-hydrogen) atoms. The van der Waals surface area contributed by atoms with Crippen LogP contribution >= 0.6 is 0 Å². The van der Waals surface area contributed by atoms with Crippen LogP contribution in [0.5, 0.6) is 0 Å². The molecule has 1 aromatic rings. The SMILES string of the molecule is FC(F)(F)c1ccc(CNC2=CCC([C@H]3CNCCO3)C=C2)cc1. The van der Waals surface area contributed by atoms with Gasteiger partial charge in [-0.15, -0.1) is 0 Å². The third-order valence-corrected chi connectivity index (χ3v) is 4.34. The topological polar surface area (TPSA) is 33.3 Å². The molecule has 3 nitrogen and oxygen atoms in total. The van der Waals surface area contributed by atoms with Crippen LogP contribution in [0.1, 0.15) is 17.5 Å². The van der Waals surface area contributed by atoms with Gasteiger partial charge in [0, 0.05) is 31.2 Å². The second-order valence-electron chi connectivity index (χ2n) is 6.08. The fraction of sp³-hybridized carbons (Fsp3) is 0.444. The Morgan fingerprint density at radius 1 is 1.21 bits per heavy atom.